The van der Waals surface area contributed by atoms with Gasteiger partial charge in [0.2, 0.25) is 5.78 Å². The van der Waals surface area contributed by atoms with Crippen molar-refractivity contribution < 1.29 is 33.6 Å². The number of hydrogen-bond donors (Lipinski definition) is 1. The fourth-order valence-corrected chi connectivity index (χ4v) is 4.30. The summed E-state index contributed by atoms with van der Waals surface area (Å²) in [7, 11) is 3.06. The molecule has 166 valence electrons. The molecule has 0 fully saturated rings. The summed E-state index contributed by atoms with van der Waals surface area (Å²) in [6.07, 6.45) is 1.67. The SMILES string of the molecule is COc1cccc(C=C2Oc3c(ccc4c3C(c3cccc(O)c3)CC(=O)O4)C2=O)c1OC. The maximum absolute atomic E-state index is 13.2. The van der Waals surface area contributed by atoms with Gasteiger partial charge in [-0.25, -0.2) is 0 Å². The van der Waals surface area contributed by atoms with Gasteiger partial charge in [-0.1, -0.05) is 24.3 Å². The van der Waals surface area contributed by atoms with Crippen molar-refractivity contribution in [1.82, 2.24) is 0 Å². The number of esters is 1. The first-order chi connectivity index (χ1) is 16.0. The maximum atomic E-state index is 13.2. The molecule has 3 aromatic rings. The third-order valence-corrected chi connectivity index (χ3v) is 5.77. The molecule has 2 aliphatic heterocycles. The van der Waals surface area contributed by atoms with Crippen molar-refractivity contribution in [3.8, 4) is 28.7 Å². The lowest BCUT2D eigenvalue weighted by molar-refractivity contribution is -0.135. The topological polar surface area (TPSA) is 91.3 Å². The number of phenolic OH excluding ortho intramolecular Hbond substituents is 1. The van der Waals surface area contributed by atoms with E-state index in [1.165, 1.54) is 14.2 Å². The summed E-state index contributed by atoms with van der Waals surface area (Å²) in [5.41, 5.74) is 2.33. The Kier molecular flexibility index (Phi) is 5.01. The van der Waals surface area contributed by atoms with E-state index in [0.717, 1.165) is 5.56 Å². The Hall–Kier alpha value is -4.26. The standard InChI is InChI=1S/C26H20O7/c1-30-20-8-4-6-15(25(20)31-2)12-21-24(29)17-9-10-19-23(26(17)33-21)18(13-22(28)32-19)14-5-3-7-16(27)11-14/h3-12,18,27H,13H2,1-2H3. The summed E-state index contributed by atoms with van der Waals surface area (Å²) in [5, 5.41) is 9.96. The monoisotopic (exact) mass is 444 g/mol. The predicted octanol–water partition coefficient (Wildman–Crippen LogP) is 4.47. The molecule has 33 heavy (non-hydrogen) atoms. The summed E-state index contributed by atoms with van der Waals surface area (Å²) < 4.78 is 22.3. The Bertz CT molecular complexity index is 1320. The van der Waals surface area contributed by atoms with Gasteiger partial charge in [0.25, 0.3) is 0 Å². The minimum absolute atomic E-state index is 0.0627. The predicted molar refractivity (Wildman–Crippen MR) is 119 cm³/mol. The largest absolute Gasteiger partial charge is 0.508 e. The highest BCUT2D eigenvalue weighted by molar-refractivity contribution is 6.15. The summed E-state index contributed by atoms with van der Waals surface area (Å²) in [4.78, 5) is 25.5. The van der Waals surface area contributed by atoms with Crippen molar-refractivity contribution in [3.05, 3.63) is 82.6 Å². The highest BCUT2D eigenvalue weighted by Crippen LogP contribution is 2.49. The second-order valence-electron chi connectivity index (χ2n) is 7.70. The number of phenols is 1. The van der Waals surface area contributed by atoms with Gasteiger partial charge < -0.3 is 24.1 Å². The molecule has 0 saturated heterocycles. The molecule has 7 heteroatoms. The Morgan fingerprint density at radius 1 is 1.00 bits per heavy atom. The minimum atomic E-state index is -0.429. The van der Waals surface area contributed by atoms with Crippen LogP contribution in [0.2, 0.25) is 0 Å². The van der Waals surface area contributed by atoms with E-state index in [-0.39, 0.29) is 23.7 Å². The summed E-state index contributed by atoms with van der Waals surface area (Å²) >= 11 is 0. The maximum Gasteiger partial charge on any atom is 0.312 e. The first kappa shape index (κ1) is 20.6. The lowest BCUT2D eigenvalue weighted by Gasteiger charge is -2.26. The van der Waals surface area contributed by atoms with Crippen LogP contribution in [0.3, 0.4) is 0 Å². The first-order valence-electron chi connectivity index (χ1n) is 10.3. The van der Waals surface area contributed by atoms with E-state index in [0.29, 0.717) is 39.7 Å². The number of methoxy groups -OCH3 is 2. The first-order valence-corrected chi connectivity index (χ1v) is 10.3. The Balaban J connectivity index is 1.62. The lowest BCUT2D eigenvalue weighted by atomic mass is 9.84. The number of fused-ring (bicyclic) bond motifs is 3. The van der Waals surface area contributed by atoms with E-state index in [4.69, 9.17) is 18.9 Å². The van der Waals surface area contributed by atoms with Gasteiger partial charge in [-0.05, 0) is 42.0 Å². The van der Waals surface area contributed by atoms with Crippen LogP contribution in [0.25, 0.3) is 6.08 Å². The van der Waals surface area contributed by atoms with Gasteiger partial charge in [0.05, 0.1) is 26.2 Å². The van der Waals surface area contributed by atoms with Crippen LogP contribution < -0.4 is 18.9 Å². The van der Waals surface area contributed by atoms with Crippen molar-refractivity contribution in [3.63, 3.8) is 0 Å². The molecular formula is C26H20O7. The zero-order chi connectivity index (χ0) is 23.1. The van der Waals surface area contributed by atoms with E-state index in [1.807, 2.05) is 6.07 Å². The smallest absolute Gasteiger partial charge is 0.312 e. The van der Waals surface area contributed by atoms with Crippen molar-refractivity contribution in [2.75, 3.05) is 14.2 Å². The molecule has 2 heterocycles. The molecule has 0 aromatic heterocycles. The van der Waals surface area contributed by atoms with Gasteiger partial charge >= 0.3 is 5.97 Å². The number of hydrogen-bond acceptors (Lipinski definition) is 7. The minimum Gasteiger partial charge on any atom is -0.508 e. The Labute approximate surface area is 189 Å². The third kappa shape index (κ3) is 3.47. The molecule has 5 rings (SSSR count). The average Bonchev–Trinajstić information content (AvgIpc) is 3.13. The molecule has 3 aromatic carbocycles. The van der Waals surface area contributed by atoms with Gasteiger partial charge in [0, 0.05) is 17.0 Å². The molecule has 2 aliphatic rings. The third-order valence-electron chi connectivity index (χ3n) is 5.77. The lowest BCUT2D eigenvalue weighted by Crippen LogP contribution is -2.21. The molecule has 0 saturated carbocycles. The number of rotatable bonds is 4. The fraction of sp³-hybridized carbons (Fsp3) is 0.154. The number of carbonyl (C=O) groups is 2. The van der Waals surface area contributed by atoms with Crippen molar-refractivity contribution in [1.29, 1.82) is 0 Å². The Morgan fingerprint density at radius 3 is 2.58 bits per heavy atom. The zero-order valence-corrected chi connectivity index (χ0v) is 18.0. The van der Waals surface area contributed by atoms with E-state index in [2.05, 4.69) is 0 Å². The van der Waals surface area contributed by atoms with E-state index in [9.17, 15) is 14.7 Å². The number of ketones is 1. The molecule has 1 N–H and O–H groups in total. The quantitative estimate of drug-likeness (QED) is 0.361. The molecule has 0 bridgehead atoms. The van der Waals surface area contributed by atoms with E-state index in [1.54, 1.807) is 54.6 Å². The molecule has 7 nitrogen and oxygen atoms in total. The van der Waals surface area contributed by atoms with Gasteiger partial charge in [-0.3, -0.25) is 9.59 Å². The summed E-state index contributed by atoms with van der Waals surface area (Å²) in [6.45, 7) is 0. The number of Topliss-reactive ketones (excluding diaryl/α,β-unsaturated/α-hetero) is 1. The molecule has 0 amide bonds. The molecular weight excluding hydrogens is 424 g/mol. The number of ether oxygens (including phenoxy) is 4. The molecule has 1 unspecified atom stereocenters. The van der Waals surface area contributed by atoms with E-state index >= 15 is 0 Å². The van der Waals surface area contributed by atoms with Gasteiger partial charge in [0.15, 0.2) is 17.3 Å². The van der Waals surface area contributed by atoms with Crippen LogP contribution >= 0.6 is 0 Å². The van der Waals surface area contributed by atoms with Crippen molar-refractivity contribution in [2.24, 2.45) is 0 Å². The average molecular weight is 444 g/mol. The fourth-order valence-electron chi connectivity index (χ4n) is 4.30. The second kappa shape index (κ2) is 8.02. The second-order valence-corrected chi connectivity index (χ2v) is 7.70. The number of para-hydroxylation sites is 1. The number of aromatic hydroxyl groups is 1. The van der Waals surface area contributed by atoms with Gasteiger partial charge in [-0.15, -0.1) is 0 Å². The van der Waals surface area contributed by atoms with Crippen LogP contribution in [0.4, 0.5) is 0 Å². The van der Waals surface area contributed by atoms with Crippen molar-refractivity contribution >= 4 is 17.8 Å². The Morgan fingerprint density at radius 2 is 1.82 bits per heavy atom. The van der Waals surface area contributed by atoms with Crippen molar-refractivity contribution in [2.45, 2.75) is 12.3 Å². The molecule has 1 atom stereocenters. The van der Waals surface area contributed by atoms with Crippen LogP contribution in [-0.4, -0.2) is 31.1 Å². The summed E-state index contributed by atoms with van der Waals surface area (Å²) in [6, 6.07) is 15.2. The van der Waals surface area contributed by atoms with Crippen LogP contribution in [0.5, 0.6) is 28.7 Å². The van der Waals surface area contributed by atoms with Crippen LogP contribution in [-0.2, 0) is 4.79 Å². The highest BCUT2D eigenvalue weighted by Gasteiger charge is 2.38. The van der Waals surface area contributed by atoms with Gasteiger partial charge in [-0.2, -0.15) is 0 Å². The van der Waals surface area contributed by atoms with Crippen LogP contribution in [0, 0.1) is 0 Å². The van der Waals surface area contributed by atoms with Crippen LogP contribution in [0.1, 0.15) is 39.4 Å². The molecule has 0 spiro atoms. The number of carbonyl (C=O) groups excluding carboxylic acids is 2. The molecule has 0 radical (unpaired) electrons. The van der Waals surface area contributed by atoms with E-state index < -0.39 is 11.9 Å². The zero-order valence-electron chi connectivity index (χ0n) is 18.0. The van der Waals surface area contributed by atoms with Crippen LogP contribution in [0.15, 0.2) is 60.4 Å². The highest BCUT2D eigenvalue weighted by atomic mass is 16.5. The normalized spacial score (nSPS) is 17.8. The molecule has 0 aliphatic carbocycles. The number of benzene rings is 3. The number of allylic oxidation sites excluding steroid dienone is 1. The summed E-state index contributed by atoms with van der Waals surface area (Å²) in [5.74, 6) is 0.803. The van der Waals surface area contributed by atoms with Gasteiger partial charge in [0.1, 0.15) is 17.2 Å².